The maximum absolute atomic E-state index is 2.80. The van der Waals surface area contributed by atoms with Crippen molar-refractivity contribution in [2.75, 3.05) is 9.80 Å². The zero-order valence-electron chi connectivity index (χ0n) is 73.3. The molecule has 0 radical (unpaired) electrons. The number of benzene rings is 20. The predicted octanol–water partition coefficient (Wildman–Crippen LogP) is 31.3. The lowest BCUT2D eigenvalue weighted by Crippen LogP contribution is -2.61. The Morgan fingerprint density at radius 3 is 0.914 bits per heavy atom. The summed E-state index contributed by atoms with van der Waals surface area (Å²) in [5.74, 6) is 0. The van der Waals surface area contributed by atoms with Crippen LogP contribution in [0.1, 0.15) is 79.0 Å². The van der Waals surface area contributed by atoms with Gasteiger partial charge in [-0.1, -0.05) is 360 Å². The van der Waals surface area contributed by atoms with Crippen molar-refractivity contribution in [3.05, 3.63) is 411 Å². The van der Waals surface area contributed by atoms with Crippen molar-refractivity contribution in [2.24, 2.45) is 0 Å². The SMILES string of the molecule is CC(C)(C)c1cccc(-c2cc(-c3ccccc3)cc(-c3cccc(C(C)(C)C)c3)c2N2c3cc(-n4c5ccccc5c5ccccc54)ccc3B3c4ccc(-n5c6ccccc6c6ccccc65)cc4N(c4c(-c5cccc(C(C)(C)C)c5)cc(-c5ccccc5)cc4-n4c5ccc6cccc7c8cccc9ccc4c(c98)c5c67)c4cc(-c5ccccc5)cc2c43)c1. The van der Waals surface area contributed by atoms with Crippen molar-refractivity contribution in [2.45, 2.75) is 78.6 Å². The van der Waals surface area contributed by atoms with E-state index in [1.54, 1.807) is 0 Å². The summed E-state index contributed by atoms with van der Waals surface area (Å²) < 4.78 is 7.75. The first-order chi connectivity index (χ1) is 62.4. The van der Waals surface area contributed by atoms with Crippen LogP contribution in [0.3, 0.4) is 0 Å². The molecule has 23 aromatic rings. The second-order valence-corrected chi connectivity index (χ2v) is 38.7. The van der Waals surface area contributed by atoms with Crippen LogP contribution in [0.2, 0.25) is 0 Å². The molecular formula is C122H92BN5. The topological polar surface area (TPSA) is 21.3 Å². The minimum absolute atomic E-state index is 0.186. The smallest absolute Gasteiger partial charge is 0.252 e. The molecule has 20 aromatic carbocycles. The molecule has 0 unspecified atom stereocenters. The normalized spacial score (nSPS) is 13.0. The van der Waals surface area contributed by atoms with Crippen LogP contribution >= 0.6 is 0 Å². The molecule has 0 fully saturated rings. The minimum Gasteiger partial charge on any atom is -0.310 e. The third-order valence-corrected chi connectivity index (χ3v) is 28.1. The van der Waals surface area contributed by atoms with Gasteiger partial charge in [0.2, 0.25) is 0 Å². The third-order valence-electron chi connectivity index (χ3n) is 28.1. The molecule has 6 heteroatoms. The molecule has 2 aliphatic rings. The quantitative estimate of drug-likeness (QED) is 0.0731. The van der Waals surface area contributed by atoms with E-state index in [1.165, 1.54) is 97.7 Å². The Hall–Kier alpha value is -15.2. The molecule has 0 spiro atoms. The molecule has 3 aromatic heterocycles. The summed E-state index contributed by atoms with van der Waals surface area (Å²) in [5.41, 5.74) is 36.9. The highest BCUT2D eigenvalue weighted by molar-refractivity contribution is 7.00. The molecule has 25 rings (SSSR count). The number of hydrogen-bond acceptors (Lipinski definition) is 2. The van der Waals surface area contributed by atoms with Gasteiger partial charge in [0.15, 0.2) is 0 Å². The number of rotatable bonds is 11. The molecule has 0 N–H and O–H groups in total. The van der Waals surface area contributed by atoms with Gasteiger partial charge in [-0.3, -0.25) is 0 Å². The average molecular weight is 1640 g/mol. The van der Waals surface area contributed by atoms with Crippen molar-refractivity contribution in [1.29, 1.82) is 0 Å². The summed E-state index contributed by atoms with van der Waals surface area (Å²) in [5, 5.41) is 15.0. The molecule has 0 saturated carbocycles. The number of hydrogen-bond donors (Lipinski definition) is 0. The van der Waals surface area contributed by atoms with Crippen LogP contribution in [0.25, 0.3) is 182 Å². The Morgan fingerprint density at radius 1 is 0.203 bits per heavy atom. The van der Waals surface area contributed by atoms with Crippen LogP contribution in [0.4, 0.5) is 34.1 Å². The molecule has 0 saturated heterocycles. The fourth-order valence-corrected chi connectivity index (χ4v) is 22.0. The third kappa shape index (κ3) is 11.5. The van der Waals surface area contributed by atoms with Gasteiger partial charge in [0.05, 0.1) is 50.2 Å². The lowest BCUT2D eigenvalue weighted by molar-refractivity contribution is 0.590. The van der Waals surface area contributed by atoms with E-state index >= 15 is 0 Å². The standard InChI is InChI=1S/C122H92BN5/c1-120(2,3)86-43-27-40-80(64-86)97-67-83(75-32-13-10-14-33-75)68-98(81-41-28-44-87(65-81)121(4,5)6)118(97)127-108-73-89(124-102-52-23-19-46-91(102)92-47-20-24-53-103(92)124)58-60-100(108)123-101-61-59-90(125-104-54-25-21-48-93(104)94-49-22-26-55-105(94)125)74-109(101)128(111-71-85(70-110(127)117(111)123)77-36-17-12-18-37-77)119-99(82-42-29-45-88(66-82)122(7,8)9)69-84(76-34-15-11-16-35-76)72-112(119)126-106-62-56-78-38-30-50-95-96-51-31-39-79-57-63-107(126)116(114(79)96)115(106)113(78)95/h10-74H,1-9H3. The van der Waals surface area contributed by atoms with Crippen LogP contribution < -0.4 is 26.2 Å². The van der Waals surface area contributed by atoms with Crippen molar-refractivity contribution in [3.8, 4) is 83.8 Å². The Labute approximate surface area is 746 Å². The van der Waals surface area contributed by atoms with E-state index in [2.05, 4.69) is 480 Å². The average Bonchev–Trinajstić information content (AvgIpc) is 1.67. The Bertz CT molecular complexity index is 8220. The molecule has 0 amide bonds. The minimum atomic E-state index is -0.359. The summed E-state index contributed by atoms with van der Waals surface area (Å²) in [7, 11) is 0. The molecule has 128 heavy (non-hydrogen) atoms. The van der Waals surface area contributed by atoms with Gasteiger partial charge in [-0.15, -0.1) is 0 Å². The first-order valence-electron chi connectivity index (χ1n) is 45.2. The molecule has 0 aliphatic carbocycles. The van der Waals surface area contributed by atoms with Gasteiger partial charge in [-0.05, 0) is 229 Å². The number of anilines is 6. The van der Waals surface area contributed by atoms with Gasteiger partial charge in [0, 0.05) is 83.1 Å². The molecule has 2 aliphatic heterocycles. The first kappa shape index (κ1) is 75.3. The van der Waals surface area contributed by atoms with Crippen molar-refractivity contribution < 1.29 is 0 Å². The Balaban J connectivity index is 0.898. The largest absolute Gasteiger partial charge is 0.310 e. The molecule has 5 nitrogen and oxygen atoms in total. The molecule has 0 bridgehead atoms. The Morgan fingerprint density at radius 2 is 0.523 bits per heavy atom. The van der Waals surface area contributed by atoms with Gasteiger partial charge in [0.1, 0.15) is 0 Å². The maximum atomic E-state index is 2.80. The highest BCUT2D eigenvalue weighted by atomic mass is 15.2. The number of para-hydroxylation sites is 4. The van der Waals surface area contributed by atoms with Crippen LogP contribution in [0.5, 0.6) is 0 Å². The predicted molar refractivity (Wildman–Crippen MR) is 547 cm³/mol. The molecule has 608 valence electrons. The molecule has 5 heterocycles. The number of nitrogens with zero attached hydrogens (tertiary/aromatic N) is 5. The zero-order chi connectivity index (χ0) is 85.9. The van der Waals surface area contributed by atoms with Gasteiger partial charge >= 0.3 is 0 Å². The lowest BCUT2D eigenvalue weighted by atomic mass is 9.33. The van der Waals surface area contributed by atoms with Gasteiger partial charge in [-0.2, -0.15) is 0 Å². The van der Waals surface area contributed by atoms with Gasteiger partial charge in [-0.25, -0.2) is 0 Å². The summed E-state index contributed by atoms with van der Waals surface area (Å²) in [6.45, 7) is 20.8. The second-order valence-electron chi connectivity index (χ2n) is 38.7. The highest BCUT2D eigenvalue weighted by Crippen LogP contribution is 2.58. The summed E-state index contributed by atoms with van der Waals surface area (Å²) in [6, 6.07) is 152. The van der Waals surface area contributed by atoms with Crippen molar-refractivity contribution >= 4 is 155 Å². The fraction of sp³-hybridized carbons (Fsp3) is 0.0984. The number of aromatic nitrogens is 3. The van der Waals surface area contributed by atoms with Gasteiger partial charge in [0.25, 0.3) is 6.71 Å². The highest BCUT2D eigenvalue weighted by Gasteiger charge is 2.47. The van der Waals surface area contributed by atoms with Crippen molar-refractivity contribution in [1.82, 2.24) is 13.7 Å². The van der Waals surface area contributed by atoms with Crippen LogP contribution in [-0.2, 0) is 16.2 Å². The maximum Gasteiger partial charge on any atom is 0.252 e. The van der Waals surface area contributed by atoms with E-state index < -0.39 is 0 Å². The number of fused-ring (bicyclic) bond motifs is 11. The fourth-order valence-electron chi connectivity index (χ4n) is 22.0. The second kappa shape index (κ2) is 28.1. The van der Waals surface area contributed by atoms with E-state index in [1.807, 2.05) is 0 Å². The summed E-state index contributed by atoms with van der Waals surface area (Å²) >= 11 is 0. The van der Waals surface area contributed by atoms with Crippen LogP contribution in [0, 0.1) is 0 Å². The van der Waals surface area contributed by atoms with E-state index in [-0.39, 0.29) is 23.0 Å². The molecular weight excluding hydrogens is 1550 g/mol. The monoisotopic (exact) mass is 1640 g/mol. The van der Waals surface area contributed by atoms with Crippen LogP contribution in [-0.4, -0.2) is 20.4 Å². The summed E-state index contributed by atoms with van der Waals surface area (Å²) in [6.07, 6.45) is 0. The van der Waals surface area contributed by atoms with Gasteiger partial charge < -0.3 is 23.5 Å². The van der Waals surface area contributed by atoms with E-state index in [0.717, 1.165) is 151 Å². The van der Waals surface area contributed by atoms with E-state index in [0.29, 0.717) is 0 Å². The Kier molecular flexibility index (Phi) is 16.6. The molecule has 0 atom stereocenters. The van der Waals surface area contributed by atoms with Crippen molar-refractivity contribution in [3.63, 3.8) is 0 Å². The van der Waals surface area contributed by atoms with Crippen LogP contribution in [0.15, 0.2) is 394 Å². The lowest BCUT2D eigenvalue weighted by Gasteiger charge is -2.46. The van der Waals surface area contributed by atoms with E-state index in [9.17, 15) is 0 Å². The zero-order valence-corrected chi connectivity index (χ0v) is 73.3. The summed E-state index contributed by atoms with van der Waals surface area (Å²) in [4.78, 5) is 5.57. The van der Waals surface area contributed by atoms with E-state index in [4.69, 9.17) is 0 Å². The first-order valence-corrected chi connectivity index (χ1v) is 45.2.